The molecule has 4 nitrogen and oxygen atoms in total. The van der Waals surface area contributed by atoms with Gasteiger partial charge in [0.2, 0.25) is 0 Å². The molecule has 3 aromatic rings. The van der Waals surface area contributed by atoms with Crippen LogP contribution in [0.5, 0.6) is 0 Å². The van der Waals surface area contributed by atoms with E-state index in [-0.39, 0.29) is 24.2 Å². The van der Waals surface area contributed by atoms with Gasteiger partial charge in [0.05, 0.1) is 16.8 Å². The average molecular weight is 438 g/mol. The Balaban J connectivity index is 1.59. The fourth-order valence-electron chi connectivity index (χ4n) is 3.55. The first-order valence-electron chi connectivity index (χ1n) is 9.16. The maximum atomic E-state index is 13.3. The second-order valence-corrected chi connectivity index (χ2v) is 7.54. The van der Waals surface area contributed by atoms with Crippen LogP contribution in [0.1, 0.15) is 22.4 Å². The van der Waals surface area contributed by atoms with E-state index >= 15 is 0 Å². The predicted molar refractivity (Wildman–Crippen MR) is 105 cm³/mol. The van der Waals surface area contributed by atoms with Crippen LogP contribution in [0.3, 0.4) is 0 Å². The van der Waals surface area contributed by atoms with E-state index in [0.29, 0.717) is 46.7 Å². The second kappa shape index (κ2) is 7.85. The molecule has 0 radical (unpaired) electrons. The van der Waals surface area contributed by atoms with Gasteiger partial charge in [0.25, 0.3) is 5.56 Å². The fourth-order valence-corrected chi connectivity index (χ4v) is 3.68. The Hall–Kier alpha value is -2.71. The van der Waals surface area contributed by atoms with Crippen molar-refractivity contribution in [1.29, 1.82) is 0 Å². The summed E-state index contributed by atoms with van der Waals surface area (Å²) in [6, 6.07) is 9.53. The number of rotatable bonds is 3. The van der Waals surface area contributed by atoms with Gasteiger partial charge in [-0.05, 0) is 42.0 Å². The Bertz CT molecular complexity index is 1140. The molecule has 1 aliphatic rings. The molecule has 1 aliphatic heterocycles. The van der Waals surface area contributed by atoms with E-state index in [1.807, 2.05) is 0 Å². The number of nitrogens with zero attached hydrogens (tertiary/aromatic N) is 2. The Morgan fingerprint density at radius 2 is 1.87 bits per heavy atom. The number of aromatic amines is 1. The molecule has 0 aliphatic carbocycles. The third kappa shape index (κ3) is 4.24. The maximum Gasteiger partial charge on any atom is 0.416 e. The van der Waals surface area contributed by atoms with Crippen LogP contribution in [0.25, 0.3) is 11.4 Å². The van der Waals surface area contributed by atoms with E-state index in [0.717, 1.165) is 12.1 Å². The van der Waals surface area contributed by atoms with Gasteiger partial charge in [-0.2, -0.15) is 13.2 Å². The summed E-state index contributed by atoms with van der Waals surface area (Å²) >= 11 is 5.89. The van der Waals surface area contributed by atoms with Crippen molar-refractivity contribution in [3.63, 3.8) is 0 Å². The third-order valence-corrected chi connectivity index (χ3v) is 5.29. The van der Waals surface area contributed by atoms with Crippen LogP contribution in [0.4, 0.5) is 17.6 Å². The first kappa shape index (κ1) is 20.6. The van der Waals surface area contributed by atoms with E-state index in [2.05, 4.69) is 9.97 Å². The monoisotopic (exact) mass is 437 g/mol. The number of aromatic nitrogens is 2. The third-order valence-electron chi connectivity index (χ3n) is 5.04. The van der Waals surface area contributed by atoms with Crippen molar-refractivity contribution >= 4 is 11.6 Å². The van der Waals surface area contributed by atoms with Crippen LogP contribution in [0.2, 0.25) is 5.02 Å². The number of nitrogens with one attached hydrogen (secondary N) is 1. The number of benzene rings is 2. The lowest BCUT2D eigenvalue weighted by Gasteiger charge is -2.28. The highest BCUT2D eigenvalue weighted by molar-refractivity contribution is 6.30. The van der Waals surface area contributed by atoms with Gasteiger partial charge in [-0.15, -0.1) is 0 Å². The van der Waals surface area contributed by atoms with Crippen molar-refractivity contribution in [1.82, 2.24) is 14.9 Å². The standard InChI is InChI=1S/C21H16ClF4N3O/c22-14-4-1-12(2-5-14)19-27-18-7-8-29(11-16(18)20(30)28-19)10-13-3-6-15(23)9-17(13)21(24,25)26/h1-6,9H,7-8,10-11H2,(H,27,28,30). The highest BCUT2D eigenvalue weighted by Gasteiger charge is 2.34. The molecule has 0 atom stereocenters. The lowest BCUT2D eigenvalue weighted by molar-refractivity contribution is -0.138. The first-order chi connectivity index (χ1) is 14.2. The quantitative estimate of drug-likeness (QED) is 0.598. The van der Waals surface area contributed by atoms with E-state index in [1.165, 1.54) is 0 Å². The van der Waals surface area contributed by atoms with Gasteiger partial charge in [0.15, 0.2) is 0 Å². The van der Waals surface area contributed by atoms with Gasteiger partial charge < -0.3 is 4.98 Å². The molecule has 9 heteroatoms. The zero-order valence-electron chi connectivity index (χ0n) is 15.6. The number of alkyl halides is 3. The molecular formula is C21H16ClF4N3O. The molecule has 2 aromatic carbocycles. The van der Waals surface area contributed by atoms with E-state index < -0.39 is 17.6 Å². The van der Waals surface area contributed by atoms with Gasteiger partial charge in [-0.3, -0.25) is 9.69 Å². The molecule has 1 aromatic heterocycles. The molecule has 156 valence electrons. The zero-order valence-corrected chi connectivity index (χ0v) is 16.3. The molecule has 0 saturated heterocycles. The van der Waals surface area contributed by atoms with Gasteiger partial charge in [0.1, 0.15) is 11.6 Å². The molecule has 0 bridgehead atoms. The number of H-pyrrole nitrogens is 1. The van der Waals surface area contributed by atoms with Gasteiger partial charge >= 0.3 is 6.18 Å². The van der Waals surface area contributed by atoms with Crippen LogP contribution in [-0.2, 0) is 25.7 Å². The molecule has 1 N–H and O–H groups in total. The van der Waals surface area contributed by atoms with Crippen LogP contribution in [0, 0.1) is 5.82 Å². The summed E-state index contributed by atoms with van der Waals surface area (Å²) in [6.07, 6.45) is -4.24. The molecular weight excluding hydrogens is 422 g/mol. The van der Waals surface area contributed by atoms with E-state index in [4.69, 9.17) is 11.6 Å². The van der Waals surface area contributed by atoms with Gasteiger partial charge in [0, 0.05) is 36.6 Å². The summed E-state index contributed by atoms with van der Waals surface area (Å²) < 4.78 is 53.1. The molecule has 0 fully saturated rings. The van der Waals surface area contributed by atoms with Crippen LogP contribution in [-0.4, -0.2) is 21.4 Å². The topological polar surface area (TPSA) is 49.0 Å². The Kier molecular flexibility index (Phi) is 5.38. The molecule has 4 rings (SSSR count). The highest BCUT2D eigenvalue weighted by Crippen LogP contribution is 2.33. The highest BCUT2D eigenvalue weighted by atomic mass is 35.5. The number of halogens is 5. The normalized spacial score (nSPS) is 14.6. The summed E-state index contributed by atoms with van der Waals surface area (Å²) in [5.74, 6) is -0.521. The lowest BCUT2D eigenvalue weighted by atomic mass is 10.0. The molecule has 0 saturated carbocycles. The van der Waals surface area contributed by atoms with Crippen LogP contribution < -0.4 is 5.56 Å². The number of fused-ring (bicyclic) bond motifs is 1. The van der Waals surface area contributed by atoms with E-state index in [1.54, 1.807) is 29.2 Å². The fraction of sp³-hybridized carbons (Fsp3) is 0.238. The van der Waals surface area contributed by atoms with Crippen molar-refractivity contribution in [3.05, 3.63) is 86.0 Å². The zero-order chi connectivity index (χ0) is 21.5. The van der Waals surface area contributed by atoms with Crippen molar-refractivity contribution < 1.29 is 17.6 Å². The van der Waals surface area contributed by atoms with Crippen molar-refractivity contribution in [2.45, 2.75) is 25.7 Å². The smallest absolute Gasteiger partial charge is 0.306 e. The van der Waals surface area contributed by atoms with Crippen molar-refractivity contribution in [2.24, 2.45) is 0 Å². The van der Waals surface area contributed by atoms with Gasteiger partial charge in [-0.25, -0.2) is 9.37 Å². The minimum Gasteiger partial charge on any atom is -0.306 e. The molecule has 30 heavy (non-hydrogen) atoms. The van der Waals surface area contributed by atoms with E-state index in [9.17, 15) is 22.4 Å². The predicted octanol–water partition coefficient (Wildman–Crippen LogP) is 4.81. The summed E-state index contributed by atoms with van der Waals surface area (Å²) in [5, 5.41) is 0.564. The van der Waals surface area contributed by atoms with Gasteiger partial charge in [-0.1, -0.05) is 17.7 Å². The number of hydrogen-bond acceptors (Lipinski definition) is 3. The second-order valence-electron chi connectivity index (χ2n) is 7.11. The van der Waals surface area contributed by atoms with Crippen LogP contribution >= 0.6 is 11.6 Å². The minimum absolute atomic E-state index is 0.0328. The molecule has 0 amide bonds. The van der Waals surface area contributed by atoms with Crippen LogP contribution in [0.15, 0.2) is 47.3 Å². The average Bonchev–Trinajstić information content (AvgIpc) is 2.69. The molecule has 0 unspecified atom stereocenters. The largest absolute Gasteiger partial charge is 0.416 e. The summed E-state index contributed by atoms with van der Waals surface area (Å²) in [5.41, 5.74) is 0.394. The minimum atomic E-state index is -4.66. The molecule has 2 heterocycles. The Morgan fingerprint density at radius 1 is 1.13 bits per heavy atom. The lowest BCUT2D eigenvalue weighted by Crippen LogP contribution is -2.36. The number of hydrogen-bond donors (Lipinski definition) is 1. The Morgan fingerprint density at radius 3 is 2.57 bits per heavy atom. The SMILES string of the molecule is O=c1[nH]c(-c2ccc(Cl)cc2)nc2c1CN(Cc1ccc(F)cc1C(F)(F)F)CC2. The first-order valence-corrected chi connectivity index (χ1v) is 9.54. The van der Waals surface area contributed by atoms with Crippen molar-refractivity contribution in [3.8, 4) is 11.4 Å². The van der Waals surface area contributed by atoms with Crippen molar-refractivity contribution in [2.75, 3.05) is 6.54 Å². The summed E-state index contributed by atoms with van der Waals surface area (Å²) in [6.45, 7) is 0.540. The molecule has 0 spiro atoms. The summed E-state index contributed by atoms with van der Waals surface area (Å²) in [7, 11) is 0. The summed E-state index contributed by atoms with van der Waals surface area (Å²) in [4.78, 5) is 21.6. The Labute approximate surface area is 174 Å². The maximum absolute atomic E-state index is 13.3.